The molecule has 2 aromatic carbocycles. The van der Waals surface area contributed by atoms with Crippen molar-refractivity contribution in [3.63, 3.8) is 0 Å². The smallest absolute Gasteiger partial charge is 0.326 e. The molecular formula is C16H11F3N2O4. The second-order valence-electron chi connectivity index (χ2n) is 5.03. The highest BCUT2D eigenvalue weighted by Gasteiger charge is 2.30. The van der Waals surface area contributed by atoms with Crippen LogP contribution in [0.3, 0.4) is 0 Å². The molecule has 1 amide bonds. The average molecular weight is 352 g/mol. The topological polar surface area (TPSA) is 89.3 Å². The van der Waals surface area contributed by atoms with Crippen LogP contribution in [-0.2, 0) is 11.0 Å². The van der Waals surface area contributed by atoms with Crippen LogP contribution in [0.25, 0.3) is 0 Å². The first-order valence-corrected chi connectivity index (χ1v) is 6.91. The fourth-order valence-electron chi connectivity index (χ4n) is 2.00. The van der Waals surface area contributed by atoms with Crippen LogP contribution in [0.5, 0.6) is 0 Å². The first-order chi connectivity index (χ1) is 11.7. The highest BCUT2D eigenvalue weighted by atomic mass is 19.4. The van der Waals surface area contributed by atoms with Crippen LogP contribution < -0.4 is 5.32 Å². The number of nitrogens with one attached hydrogen (secondary N) is 1. The maximum atomic E-state index is 12.6. The van der Waals surface area contributed by atoms with E-state index in [0.29, 0.717) is 0 Å². The van der Waals surface area contributed by atoms with Crippen LogP contribution in [0, 0.1) is 10.1 Å². The number of nitro benzene ring substituents is 1. The molecule has 2 aromatic rings. The van der Waals surface area contributed by atoms with Crippen molar-refractivity contribution in [2.75, 3.05) is 5.32 Å². The lowest BCUT2D eigenvalue weighted by Gasteiger charge is -2.09. The van der Waals surface area contributed by atoms with Crippen molar-refractivity contribution >= 4 is 23.1 Å². The molecule has 0 fully saturated rings. The Balaban J connectivity index is 2.02. The number of anilines is 1. The lowest BCUT2D eigenvalue weighted by atomic mass is 10.1. The molecule has 130 valence electrons. The predicted molar refractivity (Wildman–Crippen MR) is 82.1 cm³/mol. The highest BCUT2D eigenvalue weighted by molar-refractivity contribution is 6.11. The largest absolute Gasteiger partial charge is 0.416 e. The van der Waals surface area contributed by atoms with E-state index in [1.807, 2.05) is 0 Å². The summed E-state index contributed by atoms with van der Waals surface area (Å²) in [6, 6.07) is 8.68. The van der Waals surface area contributed by atoms with Crippen LogP contribution in [-0.4, -0.2) is 16.6 Å². The summed E-state index contributed by atoms with van der Waals surface area (Å²) < 4.78 is 37.8. The number of amides is 1. The Hall–Kier alpha value is -3.23. The number of rotatable bonds is 5. The molecule has 0 aliphatic rings. The minimum absolute atomic E-state index is 0.0867. The van der Waals surface area contributed by atoms with Crippen molar-refractivity contribution in [1.29, 1.82) is 0 Å². The van der Waals surface area contributed by atoms with E-state index in [1.165, 1.54) is 18.2 Å². The number of alkyl halides is 3. The first kappa shape index (κ1) is 18.1. The summed E-state index contributed by atoms with van der Waals surface area (Å²) >= 11 is 0. The van der Waals surface area contributed by atoms with Gasteiger partial charge in [0.2, 0.25) is 5.91 Å². The van der Waals surface area contributed by atoms with Gasteiger partial charge < -0.3 is 5.32 Å². The summed E-state index contributed by atoms with van der Waals surface area (Å²) in [5, 5.41) is 12.8. The third-order valence-electron chi connectivity index (χ3n) is 3.19. The summed E-state index contributed by atoms with van der Waals surface area (Å²) in [5.41, 5.74) is -1.13. The molecule has 9 heteroatoms. The molecule has 0 bridgehead atoms. The molecule has 0 saturated heterocycles. The number of ketones is 1. The number of nitro groups is 1. The van der Waals surface area contributed by atoms with Gasteiger partial charge in [0, 0.05) is 23.4 Å². The van der Waals surface area contributed by atoms with Crippen LogP contribution in [0.15, 0.2) is 48.5 Å². The molecule has 0 unspecified atom stereocenters. The van der Waals surface area contributed by atoms with Gasteiger partial charge in [0.05, 0.1) is 16.9 Å². The monoisotopic (exact) mass is 352 g/mol. The van der Waals surface area contributed by atoms with Crippen molar-refractivity contribution in [1.82, 2.24) is 0 Å². The number of hydrogen-bond acceptors (Lipinski definition) is 4. The fraction of sp³-hybridized carbons (Fsp3) is 0.125. The number of carbonyl (C=O) groups is 2. The molecule has 6 nitrogen and oxygen atoms in total. The van der Waals surface area contributed by atoms with Gasteiger partial charge in [0.1, 0.15) is 0 Å². The van der Waals surface area contributed by atoms with E-state index in [2.05, 4.69) is 5.32 Å². The van der Waals surface area contributed by atoms with Gasteiger partial charge in [-0.05, 0) is 30.3 Å². The van der Waals surface area contributed by atoms with E-state index in [-0.39, 0.29) is 16.9 Å². The molecular weight excluding hydrogens is 341 g/mol. The molecule has 0 aliphatic heterocycles. The van der Waals surface area contributed by atoms with Crippen molar-refractivity contribution in [3.8, 4) is 0 Å². The van der Waals surface area contributed by atoms with Gasteiger partial charge in [0.25, 0.3) is 5.69 Å². The SMILES string of the molecule is O=C(CC(=O)c1ccc([N+](=O)[O-])cc1)Nc1cccc(C(F)(F)F)c1. The minimum atomic E-state index is -4.55. The van der Waals surface area contributed by atoms with Gasteiger partial charge in [-0.3, -0.25) is 19.7 Å². The number of Topliss-reactive ketones (excluding diaryl/α,β-unsaturated/α-hetero) is 1. The lowest BCUT2D eigenvalue weighted by Crippen LogP contribution is -2.17. The van der Waals surface area contributed by atoms with E-state index in [1.54, 1.807) is 0 Å². The lowest BCUT2D eigenvalue weighted by molar-refractivity contribution is -0.384. The summed E-state index contributed by atoms with van der Waals surface area (Å²) in [5.74, 6) is -1.40. The standard InChI is InChI=1S/C16H11F3N2O4/c17-16(18,19)11-2-1-3-12(8-11)20-15(23)9-14(22)10-4-6-13(7-5-10)21(24)25/h1-8H,9H2,(H,20,23). The van der Waals surface area contributed by atoms with Crippen LogP contribution in [0.4, 0.5) is 24.5 Å². The Morgan fingerprint density at radius 1 is 1.08 bits per heavy atom. The third-order valence-corrected chi connectivity index (χ3v) is 3.19. The average Bonchev–Trinajstić information content (AvgIpc) is 2.54. The fourth-order valence-corrected chi connectivity index (χ4v) is 2.00. The van der Waals surface area contributed by atoms with Gasteiger partial charge in [-0.1, -0.05) is 6.07 Å². The Morgan fingerprint density at radius 2 is 1.72 bits per heavy atom. The Bertz CT molecular complexity index is 817. The van der Waals surface area contributed by atoms with Gasteiger partial charge in [0.15, 0.2) is 5.78 Å². The van der Waals surface area contributed by atoms with E-state index in [4.69, 9.17) is 0 Å². The maximum absolute atomic E-state index is 12.6. The van der Waals surface area contributed by atoms with E-state index in [0.717, 1.165) is 30.3 Å². The van der Waals surface area contributed by atoms with E-state index < -0.39 is 34.8 Å². The van der Waals surface area contributed by atoms with Gasteiger partial charge in [-0.25, -0.2) is 0 Å². The van der Waals surface area contributed by atoms with Crippen molar-refractivity contribution in [2.45, 2.75) is 12.6 Å². The summed E-state index contributed by atoms with van der Waals surface area (Å²) in [6.07, 6.45) is -5.15. The van der Waals surface area contributed by atoms with Gasteiger partial charge in [-0.2, -0.15) is 13.2 Å². The third kappa shape index (κ3) is 4.87. The number of nitrogens with zero attached hydrogens (tertiary/aromatic N) is 1. The van der Waals surface area contributed by atoms with Crippen molar-refractivity contribution in [2.24, 2.45) is 0 Å². The van der Waals surface area contributed by atoms with Crippen LogP contribution in [0.1, 0.15) is 22.3 Å². The maximum Gasteiger partial charge on any atom is 0.416 e. The number of carbonyl (C=O) groups excluding carboxylic acids is 2. The summed E-state index contributed by atoms with van der Waals surface area (Å²) in [4.78, 5) is 33.7. The molecule has 0 saturated carbocycles. The Kier molecular flexibility index (Phi) is 5.16. The molecule has 0 spiro atoms. The molecule has 0 heterocycles. The molecule has 0 radical (unpaired) electrons. The van der Waals surface area contributed by atoms with Crippen molar-refractivity contribution < 1.29 is 27.7 Å². The zero-order valence-corrected chi connectivity index (χ0v) is 12.5. The first-order valence-electron chi connectivity index (χ1n) is 6.91. The summed E-state index contributed by atoms with van der Waals surface area (Å²) in [6.45, 7) is 0. The molecule has 2 rings (SSSR count). The minimum Gasteiger partial charge on any atom is -0.326 e. The number of benzene rings is 2. The number of halogens is 3. The normalized spacial score (nSPS) is 11.0. The van der Waals surface area contributed by atoms with E-state index in [9.17, 15) is 32.9 Å². The molecule has 0 atom stereocenters. The summed E-state index contributed by atoms with van der Waals surface area (Å²) in [7, 11) is 0. The second kappa shape index (κ2) is 7.12. The highest BCUT2D eigenvalue weighted by Crippen LogP contribution is 2.30. The Labute approximate surface area is 139 Å². The van der Waals surface area contributed by atoms with Crippen molar-refractivity contribution in [3.05, 3.63) is 69.8 Å². The zero-order valence-electron chi connectivity index (χ0n) is 12.5. The molecule has 0 aliphatic carbocycles. The molecule has 1 N–H and O–H groups in total. The van der Waals surface area contributed by atoms with Crippen LogP contribution >= 0.6 is 0 Å². The Morgan fingerprint density at radius 3 is 2.28 bits per heavy atom. The quantitative estimate of drug-likeness (QED) is 0.383. The predicted octanol–water partition coefficient (Wildman–Crippen LogP) is 3.83. The second-order valence-corrected chi connectivity index (χ2v) is 5.03. The molecule has 25 heavy (non-hydrogen) atoms. The van der Waals surface area contributed by atoms with Crippen LogP contribution in [0.2, 0.25) is 0 Å². The zero-order chi connectivity index (χ0) is 18.6. The van der Waals surface area contributed by atoms with Gasteiger partial charge in [-0.15, -0.1) is 0 Å². The van der Waals surface area contributed by atoms with Gasteiger partial charge >= 0.3 is 6.18 Å². The molecule has 0 aromatic heterocycles. The number of non-ortho nitro benzene ring substituents is 1. The van der Waals surface area contributed by atoms with E-state index >= 15 is 0 Å². The number of hydrogen-bond donors (Lipinski definition) is 1.